The van der Waals surface area contributed by atoms with Crippen LogP contribution in [0.15, 0.2) is 22.7 Å². The van der Waals surface area contributed by atoms with Crippen LogP contribution in [0.1, 0.15) is 32.4 Å². The van der Waals surface area contributed by atoms with Crippen molar-refractivity contribution < 1.29 is 5.11 Å². The second kappa shape index (κ2) is 5.85. The first-order valence-corrected chi connectivity index (χ1v) is 8.20. The molecular weight excluding hydrogens is 310 g/mol. The molecular formula is C14H20BrNOS. The van der Waals surface area contributed by atoms with Crippen LogP contribution < -0.4 is 4.90 Å². The number of benzene rings is 1. The van der Waals surface area contributed by atoms with E-state index in [4.69, 9.17) is 0 Å². The maximum atomic E-state index is 9.93. The summed E-state index contributed by atoms with van der Waals surface area (Å²) in [7, 11) is 0. The van der Waals surface area contributed by atoms with Crippen molar-refractivity contribution in [2.24, 2.45) is 0 Å². The molecule has 1 saturated heterocycles. The molecule has 1 N–H and O–H groups in total. The van der Waals surface area contributed by atoms with Gasteiger partial charge in [-0.15, -0.1) is 0 Å². The predicted molar refractivity (Wildman–Crippen MR) is 83.5 cm³/mol. The standard InChI is InChI=1S/C14H20BrNOS/c1-9-11(3)18-7-6-16(9)14-8-12(15)4-5-13(14)10(2)17/h4-5,8-11,17H,6-7H2,1-3H3. The average Bonchev–Trinajstić information content (AvgIpc) is 2.32. The van der Waals surface area contributed by atoms with Crippen molar-refractivity contribution in [1.29, 1.82) is 0 Å². The van der Waals surface area contributed by atoms with Crippen molar-refractivity contribution in [3.63, 3.8) is 0 Å². The van der Waals surface area contributed by atoms with E-state index in [1.807, 2.05) is 30.8 Å². The van der Waals surface area contributed by atoms with Gasteiger partial charge in [-0.1, -0.05) is 28.9 Å². The molecule has 3 atom stereocenters. The number of rotatable bonds is 2. The third-order valence-electron chi connectivity index (χ3n) is 3.64. The zero-order valence-corrected chi connectivity index (χ0v) is 13.5. The van der Waals surface area contributed by atoms with E-state index in [0.29, 0.717) is 11.3 Å². The number of anilines is 1. The minimum atomic E-state index is -0.426. The summed E-state index contributed by atoms with van der Waals surface area (Å²) in [5.41, 5.74) is 2.18. The Kier molecular flexibility index (Phi) is 4.62. The van der Waals surface area contributed by atoms with Gasteiger partial charge in [0.1, 0.15) is 0 Å². The summed E-state index contributed by atoms with van der Waals surface area (Å²) in [6.45, 7) is 7.43. The summed E-state index contributed by atoms with van der Waals surface area (Å²) < 4.78 is 1.07. The van der Waals surface area contributed by atoms with Gasteiger partial charge in [-0.3, -0.25) is 0 Å². The molecule has 0 saturated carbocycles. The lowest BCUT2D eigenvalue weighted by molar-refractivity contribution is 0.199. The number of thioether (sulfide) groups is 1. The highest BCUT2D eigenvalue weighted by atomic mass is 79.9. The number of aliphatic hydroxyl groups excluding tert-OH is 1. The van der Waals surface area contributed by atoms with E-state index in [-0.39, 0.29) is 0 Å². The molecule has 0 aromatic heterocycles. The molecule has 0 amide bonds. The van der Waals surface area contributed by atoms with E-state index in [1.54, 1.807) is 0 Å². The Bertz CT molecular complexity index is 424. The van der Waals surface area contributed by atoms with Gasteiger partial charge in [0.25, 0.3) is 0 Å². The van der Waals surface area contributed by atoms with Crippen molar-refractivity contribution >= 4 is 33.4 Å². The zero-order valence-electron chi connectivity index (χ0n) is 11.1. The lowest BCUT2D eigenvalue weighted by atomic mass is 10.0. The Morgan fingerprint density at radius 3 is 2.83 bits per heavy atom. The molecule has 1 aliphatic heterocycles. The van der Waals surface area contributed by atoms with Gasteiger partial charge in [-0.2, -0.15) is 11.8 Å². The van der Waals surface area contributed by atoms with Crippen molar-refractivity contribution in [3.05, 3.63) is 28.2 Å². The Hall–Kier alpha value is -0.190. The molecule has 0 bridgehead atoms. The number of hydrogen-bond acceptors (Lipinski definition) is 3. The zero-order chi connectivity index (χ0) is 13.3. The first-order valence-electron chi connectivity index (χ1n) is 6.36. The van der Waals surface area contributed by atoms with E-state index in [2.05, 4.69) is 40.7 Å². The van der Waals surface area contributed by atoms with Crippen LogP contribution in [0.4, 0.5) is 5.69 Å². The monoisotopic (exact) mass is 329 g/mol. The number of aliphatic hydroxyl groups is 1. The van der Waals surface area contributed by atoms with Crippen LogP contribution in [-0.4, -0.2) is 28.7 Å². The predicted octanol–water partition coefficient (Wildman–Crippen LogP) is 3.83. The molecule has 2 nitrogen and oxygen atoms in total. The molecule has 1 aromatic rings. The average molecular weight is 330 g/mol. The lowest BCUT2D eigenvalue weighted by Gasteiger charge is -2.40. The van der Waals surface area contributed by atoms with Crippen LogP contribution in [0.25, 0.3) is 0 Å². The summed E-state index contributed by atoms with van der Waals surface area (Å²) in [6.07, 6.45) is -0.426. The van der Waals surface area contributed by atoms with Crippen LogP contribution in [0, 0.1) is 0 Å². The SMILES string of the molecule is CC(O)c1ccc(Br)cc1N1CCSC(C)C1C. The fourth-order valence-electron chi connectivity index (χ4n) is 2.39. The molecule has 0 aliphatic carbocycles. The van der Waals surface area contributed by atoms with Crippen LogP contribution in [-0.2, 0) is 0 Å². The highest BCUT2D eigenvalue weighted by molar-refractivity contribution is 9.10. The number of hydrogen-bond donors (Lipinski definition) is 1. The van der Waals surface area contributed by atoms with Crippen LogP contribution >= 0.6 is 27.7 Å². The van der Waals surface area contributed by atoms with E-state index in [0.717, 1.165) is 22.3 Å². The molecule has 1 aromatic carbocycles. The Morgan fingerprint density at radius 1 is 1.44 bits per heavy atom. The molecule has 0 spiro atoms. The Labute approximate surface area is 122 Å². The van der Waals surface area contributed by atoms with Crippen LogP contribution in [0.3, 0.4) is 0 Å². The first kappa shape index (κ1) is 14.2. The molecule has 4 heteroatoms. The Morgan fingerprint density at radius 2 is 2.17 bits per heavy atom. The fraction of sp³-hybridized carbons (Fsp3) is 0.571. The van der Waals surface area contributed by atoms with Crippen LogP contribution in [0.5, 0.6) is 0 Å². The molecule has 2 rings (SSSR count). The quantitative estimate of drug-likeness (QED) is 0.891. The van der Waals surface area contributed by atoms with E-state index < -0.39 is 6.10 Å². The van der Waals surface area contributed by atoms with E-state index in [1.165, 1.54) is 5.69 Å². The van der Waals surface area contributed by atoms with Crippen molar-refractivity contribution in [2.45, 2.75) is 38.2 Å². The molecule has 100 valence electrons. The largest absolute Gasteiger partial charge is 0.389 e. The summed E-state index contributed by atoms with van der Waals surface area (Å²) >= 11 is 5.56. The third-order valence-corrected chi connectivity index (χ3v) is 5.47. The topological polar surface area (TPSA) is 23.5 Å². The van der Waals surface area contributed by atoms with E-state index in [9.17, 15) is 5.11 Å². The normalized spacial score (nSPS) is 26.2. The number of halogens is 1. The van der Waals surface area contributed by atoms with Crippen molar-refractivity contribution in [3.8, 4) is 0 Å². The van der Waals surface area contributed by atoms with Gasteiger partial charge in [0, 0.05) is 39.3 Å². The van der Waals surface area contributed by atoms with Gasteiger partial charge in [-0.05, 0) is 26.0 Å². The van der Waals surface area contributed by atoms with E-state index >= 15 is 0 Å². The van der Waals surface area contributed by atoms with Gasteiger partial charge < -0.3 is 10.0 Å². The Balaban J connectivity index is 2.39. The summed E-state index contributed by atoms with van der Waals surface area (Å²) in [6, 6.07) is 6.64. The lowest BCUT2D eigenvalue weighted by Crippen LogP contribution is -2.45. The van der Waals surface area contributed by atoms with Crippen molar-refractivity contribution in [2.75, 3.05) is 17.2 Å². The smallest absolute Gasteiger partial charge is 0.0782 e. The fourth-order valence-corrected chi connectivity index (χ4v) is 3.84. The van der Waals surface area contributed by atoms with Gasteiger partial charge in [-0.25, -0.2) is 0 Å². The molecule has 1 aliphatic rings. The van der Waals surface area contributed by atoms with Gasteiger partial charge in [0.15, 0.2) is 0 Å². The highest BCUT2D eigenvalue weighted by Gasteiger charge is 2.27. The van der Waals surface area contributed by atoms with Gasteiger partial charge >= 0.3 is 0 Å². The van der Waals surface area contributed by atoms with Gasteiger partial charge in [0.05, 0.1) is 6.10 Å². The minimum Gasteiger partial charge on any atom is -0.389 e. The minimum absolute atomic E-state index is 0.426. The number of nitrogens with zero attached hydrogens (tertiary/aromatic N) is 1. The molecule has 1 fully saturated rings. The first-order chi connectivity index (χ1) is 8.50. The molecule has 3 unspecified atom stereocenters. The third kappa shape index (κ3) is 2.86. The maximum Gasteiger partial charge on any atom is 0.0782 e. The van der Waals surface area contributed by atoms with Gasteiger partial charge in [0.2, 0.25) is 0 Å². The molecule has 18 heavy (non-hydrogen) atoms. The summed E-state index contributed by atoms with van der Waals surface area (Å²) in [4.78, 5) is 2.42. The maximum absolute atomic E-state index is 9.93. The molecule has 1 heterocycles. The highest BCUT2D eigenvalue weighted by Crippen LogP contribution is 2.35. The second-order valence-electron chi connectivity index (χ2n) is 4.89. The van der Waals surface area contributed by atoms with Crippen LogP contribution in [0.2, 0.25) is 0 Å². The second-order valence-corrected chi connectivity index (χ2v) is 7.29. The van der Waals surface area contributed by atoms with Crippen molar-refractivity contribution in [1.82, 2.24) is 0 Å². The molecule has 0 radical (unpaired) electrons. The summed E-state index contributed by atoms with van der Waals surface area (Å²) in [5, 5.41) is 10.6. The summed E-state index contributed by atoms with van der Waals surface area (Å²) in [5.74, 6) is 1.15.